The average Bonchev–Trinajstić information content (AvgIpc) is 2.53. The summed E-state index contributed by atoms with van der Waals surface area (Å²) >= 11 is 1.47. The number of carbonyl (C=O) groups is 1. The molecule has 0 aromatic carbocycles. The molecule has 1 aromatic rings. The summed E-state index contributed by atoms with van der Waals surface area (Å²) in [6, 6.07) is 0. The van der Waals surface area contributed by atoms with Crippen LogP contribution in [0.2, 0.25) is 0 Å². The molecule has 1 aromatic heterocycles. The normalized spacial score (nSPS) is 16.7. The third-order valence-electron chi connectivity index (χ3n) is 2.67. The van der Waals surface area contributed by atoms with Crippen LogP contribution in [0, 0.1) is 6.92 Å². The standard InChI is InChI=1S/C11H18N4OS.ClH/c1-9-8-17-11(13-9)14-10(16)7-15-5-2-3-12-4-6-15;/h8,12H,2-7H2,1H3,(H,13,14,16);1H. The van der Waals surface area contributed by atoms with Crippen LogP contribution in [0.1, 0.15) is 12.1 Å². The van der Waals surface area contributed by atoms with Crippen molar-refractivity contribution in [1.82, 2.24) is 15.2 Å². The molecule has 0 saturated carbocycles. The quantitative estimate of drug-likeness (QED) is 0.875. The second kappa shape index (κ2) is 7.68. The summed E-state index contributed by atoms with van der Waals surface area (Å²) in [6.45, 7) is 6.31. The number of rotatable bonds is 3. The highest BCUT2D eigenvalue weighted by atomic mass is 35.5. The van der Waals surface area contributed by atoms with Crippen molar-refractivity contribution in [3.63, 3.8) is 0 Å². The van der Waals surface area contributed by atoms with E-state index in [1.807, 2.05) is 12.3 Å². The highest BCUT2D eigenvalue weighted by Crippen LogP contribution is 2.14. The Morgan fingerprint density at radius 3 is 3.11 bits per heavy atom. The van der Waals surface area contributed by atoms with Crippen molar-refractivity contribution in [2.45, 2.75) is 13.3 Å². The lowest BCUT2D eigenvalue weighted by atomic mass is 10.4. The van der Waals surface area contributed by atoms with Gasteiger partial charge in [-0.15, -0.1) is 23.7 Å². The smallest absolute Gasteiger partial charge is 0.240 e. The molecule has 1 saturated heterocycles. The Balaban J connectivity index is 0.00000162. The van der Waals surface area contributed by atoms with Crippen LogP contribution in [-0.2, 0) is 4.79 Å². The van der Waals surface area contributed by atoms with Gasteiger partial charge in [-0.3, -0.25) is 9.69 Å². The van der Waals surface area contributed by atoms with Crippen molar-refractivity contribution >= 4 is 34.8 Å². The van der Waals surface area contributed by atoms with Gasteiger partial charge in [0.1, 0.15) is 0 Å². The molecule has 2 heterocycles. The summed E-state index contributed by atoms with van der Waals surface area (Å²) in [5, 5.41) is 8.79. The zero-order chi connectivity index (χ0) is 12.1. The maximum atomic E-state index is 11.8. The van der Waals surface area contributed by atoms with E-state index in [4.69, 9.17) is 0 Å². The number of hydrogen-bond donors (Lipinski definition) is 2. The predicted octanol–water partition coefficient (Wildman–Crippen LogP) is 1.11. The molecule has 0 radical (unpaired) electrons. The number of hydrogen-bond acceptors (Lipinski definition) is 5. The van der Waals surface area contributed by atoms with Crippen molar-refractivity contribution in [2.75, 3.05) is 38.0 Å². The Hall–Kier alpha value is -0.690. The van der Waals surface area contributed by atoms with Gasteiger partial charge < -0.3 is 10.6 Å². The molecule has 2 N–H and O–H groups in total. The zero-order valence-electron chi connectivity index (χ0n) is 10.4. The van der Waals surface area contributed by atoms with Gasteiger partial charge in [-0.2, -0.15) is 0 Å². The van der Waals surface area contributed by atoms with E-state index in [9.17, 15) is 4.79 Å². The molecule has 0 spiro atoms. The summed E-state index contributed by atoms with van der Waals surface area (Å²) in [7, 11) is 0. The predicted molar refractivity (Wildman–Crippen MR) is 76.7 cm³/mol. The lowest BCUT2D eigenvalue weighted by molar-refractivity contribution is -0.117. The van der Waals surface area contributed by atoms with E-state index in [2.05, 4.69) is 20.5 Å². The van der Waals surface area contributed by atoms with Crippen LogP contribution in [0.25, 0.3) is 0 Å². The fourth-order valence-electron chi connectivity index (χ4n) is 1.83. The average molecular weight is 291 g/mol. The van der Waals surface area contributed by atoms with Crippen LogP contribution in [-0.4, -0.2) is 48.5 Å². The summed E-state index contributed by atoms with van der Waals surface area (Å²) in [6.07, 6.45) is 1.10. The third-order valence-corrected chi connectivity index (χ3v) is 3.54. The number of anilines is 1. The number of thiazole rings is 1. The molecule has 0 aliphatic carbocycles. The third kappa shape index (κ3) is 4.89. The van der Waals surface area contributed by atoms with Crippen LogP contribution in [0.15, 0.2) is 5.38 Å². The molecule has 0 unspecified atom stereocenters. The topological polar surface area (TPSA) is 57.3 Å². The molecule has 102 valence electrons. The Morgan fingerprint density at radius 2 is 2.39 bits per heavy atom. The zero-order valence-corrected chi connectivity index (χ0v) is 12.1. The summed E-state index contributed by atoms with van der Waals surface area (Å²) in [5.41, 5.74) is 0.948. The van der Waals surface area contributed by atoms with Gasteiger partial charge in [0.2, 0.25) is 5.91 Å². The van der Waals surface area contributed by atoms with E-state index in [1.54, 1.807) is 0 Å². The summed E-state index contributed by atoms with van der Waals surface area (Å²) in [4.78, 5) is 18.2. The van der Waals surface area contributed by atoms with E-state index in [0.29, 0.717) is 11.7 Å². The number of aryl methyl sites for hydroxylation is 1. The molecule has 18 heavy (non-hydrogen) atoms. The molecule has 0 atom stereocenters. The molecule has 1 aliphatic rings. The van der Waals surface area contributed by atoms with Gasteiger partial charge in [0.05, 0.1) is 12.2 Å². The van der Waals surface area contributed by atoms with Gasteiger partial charge in [-0.1, -0.05) is 0 Å². The lowest BCUT2D eigenvalue weighted by Gasteiger charge is -2.17. The van der Waals surface area contributed by atoms with Gasteiger partial charge in [0.15, 0.2) is 5.13 Å². The van der Waals surface area contributed by atoms with E-state index in [1.165, 1.54) is 11.3 Å². The van der Waals surface area contributed by atoms with E-state index < -0.39 is 0 Å². The molecule has 0 bridgehead atoms. The van der Waals surface area contributed by atoms with E-state index in [0.717, 1.165) is 38.3 Å². The van der Waals surface area contributed by atoms with Crippen LogP contribution in [0.3, 0.4) is 0 Å². The number of aromatic nitrogens is 1. The SMILES string of the molecule is Cc1csc(NC(=O)CN2CCCNCC2)n1.Cl. The van der Waals surface area contributed by atoms with Gasteiger partial charge in [0.25, 0.3) is 0 Å². The lowest BCUT2D eigenvalue weighted by Crippen LogP contribution is -2.35. The van der Waals surface area contributed by atoms with Gasteiger partial charge in [0, 0.05) is 18.5 Å². The van der Waals surface area contributed by atoms with Gasteiger partial charge >= 0.3 is 0 Å². The Morgan fingerprint density at radius 1 is 1.56 bits per heavy atom. The fraction of sp³-hybridized carbons (Fsp3) is 0.636. The molecule has 1 fully saturated rings. The number of halogens is 1. The van der Waals surface area contributed by atoms with Gasteiger partial charge in [-0.25, -0.2) is 4.98 Å². The molecule has 2 rings (SSSR count). The van der Waals surface area contributed by atoms with Gasteiger partial charge in [-0.05, 0) is 26.4 Å². The minimum absolute atomic E-state index is 0. The van der Waals surface area contributed by atoms with Crippen molar-refractivity contribution in [3.05, 3.63) is 11.1 Å². The molecule has 1 aliphatic heterocycles. The van der Waals surface area contributed by atoms with E-state index in [-0.39, 0.29) is 18.3 Å². The molecular weight excluding hydrogens is 272 g/mol. The Kier molecular flexibility index (Phi) is 6.56. The highest BCUT2D eigenvalue weighted by molar-refractivity contribution is 7.13. The maximum Gasteiger partial charge on any atom is 0.240 e. The largest absolute Gasteiger partial charge is 0.315 e. The number of nitrogens with one attached hydrogen (secondary N) is 2. The summed E-state index contributed by atoms with van der Waals surface area (Å²) < 4.78 is 0. The Bertz CT molecular complexity index is 377. The van der Waals surface area contributed by atoms with E-state index >= 15 is 0 Å². The molecule has 1 amide bonds. The van der Waals surface area contributed by atoms with Crippen LogP contribution < -0.4 is 10.6 Å². The second-order valence-corrected chi connectivity index (χ2v) is 5.08. The number of nitrogens with zero attached hydrogens (tertiary/aromatic N) is 2. The van der Waals surface area contributed by atoms with Crippen molar-refractivity contribution in [1.29, 1.82) is 0 Å². The first-order valence-electron chi connectivity index (χ1n) is 5.89. The first-order chi connectivity index (χ1) is 8.24. The van der Waals surface area contributed by atoms with Crippen LogP contribution in [0.4, 0.5) is 5.13 Å². The number of carbonyl (C=O) groups excluding carboxylic acids is 1. The molecule has 5 nitrogen and oxygen atoms in total. The fourth-order valence-corrected chi connectivity index (χ4v) is 2.54. The number of amides is 1. The molecule has 7 heteroatoms. The van der Waals surface area contributed by atoms with Crippen molar-refractivity contribution in [2.24, 2.45) is 0 Å². The van der Waals surface area contributed by atoms with Crippen LogP contribution in [0.5, 0.6) is 0 Å². The first kappa shape index (κ1) is 15.4. The highest BCUT2D eigenvalue weighted by Gasteiger charge is 2.13. The molecular formula is C11H19ClN4OS. The maximum absolute atomic E-state index is 11.8. The Labute approximate surface area is 117 Å². The van der Waals surface area contributed by atoms with Crippen LogP contribution >= 0.6 is 23.7 Å². The first-order valence-corrected chi connectivity index (χ1v) is 6.77. The minimum atomic E-state index is 0. The summed E-state index contributed by atoms with van der Waals surface area (Å²) in [5.74, 6) is 0.0289. The monoisotopic (exact) mass is 290 g/mol. The minimum Gasteiger partial charge on any atom is -0.315 e. The van der Waals surface area contributed by atoms with Crippen molar-refractivity contribution < 1.29 is 4.79 Å². The second-order valence-electron chi connectivity index (χ2n) is 4.22. The van der Waals surface area contributed by atoms with Crippen molar-refractivity contribution in [3.8, 4) is 0 Å².